The molecule has 2 aromatic rings. The van der Waals surface area contributed by atoms with E-state index in [9.17, 15) is 4.79 Å². The Morgan fingerprint density at radius 1 is 0.920 bits per heavy atom. The van der Waals surface area contributed by atoms with Gasteiger partial charge < -0.3 is 24.8 Å². The molecule has 0 aliphatic heterocycles. The van der Waals surface area contributed by atoms with Crippen molar-refractivity contribution < 1.29 is 19.0 Å². The largest absolute Gasteiger partial charge is 0.495 e. The lowest BCUT2D eigenvalue weighted by Gasteiger charge is -2.19. The first-order chi connectivity index (χ1) is 12.0. The number of amides is 1. The number of rotatable bonds is 7. The van der Waals surface area contributed by atoms with Crippen LogP contribution in [0.5, 0.6) is 17.2 Å². The van der Waals surface area contributed by atoms with E-state index in [1.165, 1.54) is 0 Å². The zero-order valence-electron chi connectivity index (χ0n) is 15.2. The van der Waals surface area contributed by atoms with E-state index in [0.29, 0.717) is 22.9 Å². The SMILES string of the molecule is COc1ccccc1NC(=O)[C@H](C)Nc1cc(OC)c(OC)cc1C. The van der Waals surface area contributed by atoms with Gasteiger partial charge in [-0.1, -0.05) is 12.1 Å². The van der Waals surface area contributed by atoms with Crippen LogP contribution in [0.2, 0.25) is 0 Å². The molecule has 2 N–H and O–H groups in total. The minimum Gasteiger partial charge on any atom is -0.495 e. The molecule has 2 rings (SSSR count). The maximum atomic E-state index is 12.5. The maximum Gasteiger partial charge on any atom is 0.246 e. The highest BCUT2D eigenvalue weighted by Gasteiger charge is 2.17. The summed E-state index contributed by atoms with van der Waals surface area (Å²) in [5, 5.41) is 6.07. The number of methoxy groups -OCH3 is 3. The number of nitrogens with one attached hydrogen (secondary N) is 2. The van der Waals surface area contributed by atoms with Crippen molar-refractivity contribution in [3.8, 4) is 17.2 Å². The molecule has 6 nitrogen and oxygen atoms in total. The van der Waals surface area contributed by atoms with Gasteiger partial charge in [0.2, 0.25) is 5.91 Å². The van der Waals surface area contributed by atoms with Gasteiger partial charge in [0, 0.05) is 11.8 Å². The molecule has 1 atom stereocenters. The van der Waals surface area contributed by atoms with Gasteiger partial charge in [0.05, 0.1) is 27.0 Å². The monoisotopic (exact) mass is 344 g/mol. The van der Waals surface area contributed by atoms with Crippen LogP contribution in [0, 0.1) is 6.92 Å². The number of ether oxygens (including phenoxy) is 3. The number of para-hydroxylation sites is 2. The summed E-state index contributed by atoms with van der Waals surface area (Å²) in [6.45, 7) is 3.73. The number of carbonyl (C=O) groups is 1. The molecule has 0 aromatic heterocycles. The molecule has 0 heterocycles. The van der Waals surface area contributed by atoms with Gasteiger partial charge in [-0.2, -0.15) is 0 Å². The van der Waals surface area contributed by atoms with Gasteiger partial charge >= 0.3 is 0 Å². The van der Waals surface area contributed by atoms with E-state index in [1.807, 2.05) is 31.2 Å². The fourth-order valence-electron chi connectivity index (χ4n) is 2.42. The Kier molecular flexibility index (Phi) is 6.11. The number of hydrogen-bond donors (Lipinski definition) is 2. The van der Waals surface area contributed by atoms with Crippen molar-refractivity contribution in [2.45, 2.75) is 19.9 Å². The van der Waals surface area contributed by atoms with Crippen LogP contribution in [0.3, 0.4) is 0 Å². The Morgan fingerprint density at radius 2 is 1.52 bits per heavy atom. The van der Waals surface area contributed by atoms with E-state index in [1.54, 1.807) is 40.4 Å². The number of hydrogen-bond acceptors (Lipinski definition) is 5. The van der Waals surface area contributed by atoms with Gasteiger partial charge in [0.25, 0.3) is 0 Å². The maximum absolute atomic E-state index is 12.5. The van der Waals surface area contributed by atoms with Gasteiger partial charge in [-0.3, -0.25) is 4.79 Å². The van der Waals surface area contributed by atoms with Gasteiger partial charge in [-0.25, -0.2) is 0 Å². The van der Waals surface area contributed by atoms with Crippen LogP contribution in [0.25, 0.3) is 0 Å². The molecular weight excluding hydrogens is 320 g/mol. The average Bonchev–Trinajstić information content (AvgIpc) is 2.63. The predicted octanol–water partition coefficient (Wildman–Crippen LogP) is 3.46. The van der Waals surface area contributed by atoms with Crippen molar-refractivity contribution >= 4 is 17.3 Å². The van der Waals surface area contributed by atoms with Crippen LogP contribution in [0.4, 0.5) is 11.4 Å². The van der Waals surface area contributed by atoms with E-state index in [4.69, 9.17) is 14.2 Å². The van der Waals surface area contributed by atoms with E-state index in [-0.39, 0.29) is 5.91 Å². The van der Waals surface area contributed by atoms with Gasteiger partial charge in [-0.15, -0.1) is 0 Å². The van der Waals surface area contributed by atoms with E-state index in [2.05, 4.69) is 10.6 Å². The topological polar surface area (TPSA) is 68.8 Å². The van der Waals surface area contributed by atoms with Crippen molar-refractivity contribution in [3.63, 3.8) is 0 Å². The van der Waals surface area contributed by atoms with Crippen LogP contribution in [-0.4, -0.2) is 33.3 Å². The Balaban J connectivity index is 2.13. The minimum absolute atomic E-state index is 0.168. The van der Waals surface area contributed by atoms with Crippen molar-refractivity contribution in [1.29, 1.82) is 0 Å². The summed E-state index contributed by atoms with van der Waals surface area (Å²) in [5.74, 6) is 1.70. The third-order valence-corrected chi connectivity index (χ3v) is 3.86. The molecule has 0 saturated carbocycles. The normalized spacial score (nSPS) is 11.4. The fourth-order valence-corrected chi connectivity index (χ4v) is 2.42. The second-order valence-electron chi connectivity index (χ2n) is 5.58. The summed E-state index contributed by atoms with van der Waals surface area (Å²) >= 11 is 0. The Bertz CT molecular complexity index is 746. The highest BCUT2D eigenvalue weighted by Crippen LogP contribution is 2.33. The molecule has 1 amide bonds. The molecule has 134 valence electrons. The fraction of sp³-hybridized carbons (Fsp3) is 0.316. The molecule has 0 radical (unpaired) electrons. The zero-order valence-corrected chi connectivity index (χ0v) is 15.2. The molecule has 25 heavy (non-hydrogen) atoms. The molecule has 6 heteroatoms. The molecule has 2 aromatic carbocycles. The average molecular weight is 344 g/mol. The predicted molar refractivity (Wildman–Crippen MR) is 99.0 cm³/mol. The van der Waals surface area contributed by atoms with Crippen LogP contribution in [-0.2, 0) is 4.79 Å². The standard InChI is InChI=1S/C19H24N2O4/c1-12-10-17(24-4)18(25-5)11-15(12)20-13(2)19(22)21-14-8-6-7-9-16(14)23-3/h6-11,13,20H,1-5H3,(H,21,22)/t13-/m0/s1. The van der Waals surface area contributed by atoms with Crippen molar-refractivity contribution in [3.05, 3.63) is 42.0 Å². The lowest BCUT2D eigenvalue weighted by molar-refractivity contribution is -0.116. The van der Waals surface area contributed by atoms with Crippen LogP contribution in [0.1, 0.15) is 12.5 Å². The number of benzene rings is 2. The van der Waals surface area contributed by atoms with Crippen LogP contribution in [0.15, 0.2) is 36.4 Å². The van der Waals surface area contributed by atoms with Gasteiger partial charge in [-0.05, 0) is 37.6 Å². The molecule has 0 aliphatic carbocycles. The second-order valence-corrected chi connectivity index (χ2v) is 5.58. The third-order valence-electron chi connectivity index (χ3n) is 3.86. The first-order valence-electron chi connectivity index (χ1n) is 7.93. The second kappa shape index (κ2) is 8.28. The van der Waals surface area contributed by atoms with Crippen LogP contribution < -0.4 is 24.8 Å². The molecule has 0 spiro atoms. The first kappa shape index (κ1) is 18.4. The summed E-state index contributed by atoms with van der Waals surface area (Å²) < 4.78 is 15.9. The number of anilines is 2. The number of carbonyl (C=O) groups excluding carboxylic acids is 1. The summed E-state index contributed by atoms with van der Waals surface area (Å²) in [6.07, 6.45) is 0. The first-order valence-corrected chi connectivity index (χ1v) is 7.93. The quantitative estimate of drug-likeness (QED) is 0.805. The third kappa shape index (κ3) is 4.35. The van der Waals surface area contributed by atoms with E-state index < -0.39 is 6.04 Å². The van der Waals surface area contributed by atoms with Gasteiger partial charge in [0.15, 0.2) is 11.5 Å². The Labute approximate surface area is 148 Å². The molecule has 0 unspecified atom stereocenters. The lowest BCUT2D eigenvalue weighted by atomic mass is 10.1. The summed E-state index contributed by atoms with van der Waals surface area (Å²) in [5.41, 5.74) is 2.39. The number of aryl methyl sites for hydroxylation is 1. The smallest absolute Gasteiger partial charge is 0.246 e. The summed E-state index contributed by atoms with van der Waals surface area (Å²) in [7, 11) is 4.74. The minimum atomic E-state index is -0.457. The van der Waals surface area contributed by atoms with Crippen LogP contribution >= 0.6 is 0 Å². The molecule has 0 saturated heterocycles. The lowest BCUT2D eigenvalue weighted by Crippen LogP contribution is -2.32. The molecule has 0 fully saturated rings. The molecule has 0 aliphatic rings. The summed E-state index contributed by atoms with van der Waals surface area (Å²) in [6, 6.07) is 10.5. The molecule has 0 bridgehead atoms. The van der Waals surface area contributed by atoms with Crippen molar-refractivity contribution in [1.82, 2.24) is 0 Å². The van der Waals surface area contributed by atoms with Gasteiger partial charge in [0.1, 0.15) is 11.8 Å². The molecular formula is C19H24N2O4. The van der Waals surface area contributed by atoms with Crippen molar-refractivity contribution in [2.24, 2.45) is 0 Å². The van der Waals surface area contributed by atoms with Crippen molar-refractivity contribution in [2.75, 3.05) is 32.0 Å². The van der Waals surface area contributed by atoms with E-state index >= 15 is 0 Å². The Hall–Kier alpha value is -2.89. The zero-order chi connectivity index (χ0) is 18.4. The highest BCUT2D eigenvalue weighted by molar-refractivity contribution is 5.97. The van der Waals surface area contributed by atoms with E-state index in [0.717, 1.165) is 11.3 Å². The Morgan fingerprint density at radius 3 is 2.16 bits per heavy atom. The highest BCUT2D eigenvalue weighted by atomic mass is 16.5. The summed E-state index contributed by atoms with van der Waals surface area (Å²) in [4.78, 5) is 12.5.